The number of thiocarbonyl (C=S) groups is 1. The van der Waals surface area contributed by atoms with Gasteiger partial charge in [-0.2, -0.15) is 0 Å². The fraction of sp³-hybridized carbons (Fsp3) is 0.136. The molecule has 0 aliphatic rings. The summed E-state index contributed by atoms with van der Waals surface area (Å²) < 4.78 is 28.7. The van der Waals surface area contributed by atoms with E-state index in [4.69, 9.17) is 23.8 Å². The molecule has 0 aliphatic carbocycles. The number of rotatable bonds is 5. The average Bonchev–Trinajstić information content (AvgIpc) is 2.64. The minimum atomic E-state index is -3.91. The van der Waals surface area contributed by atoms with Gasteiger partial charge in [-0.15, -0.1) is 0 Å². The zero-order chi connectivity index (χ0) is 21.9. The van der Waals surface area contributed by atoms with Gasteiger partial charge in [-0.25, -0.2) is 8.42 Å². The van der Waals surface area contributed by atoms with Crippen molar-refractivity contribution in [2.24, 2.45) is 0 Å². The van der Waals surface area contributed by atoms with Gasteiger partial charge in [0.25, 0.3) is 10.0 Å². The first-order valence-corrected chi connectivity index (χ1v) is 11.5. The van der Waals surface area contributed by atoms with Crippen LogP contribution >= 0.6 is 23.8 Å². The third-order valence-corrected chi connectivity index (χ3v) is 6.21. The van der Waals surface area contributed by atoms with Gasteiger partial charge in [0.15, 0.2) is 5.11 Å². The quantitative estimate of drug-likeness (QED) is 0.416. The lowest BCUT2D eigenvalue weighted by atomic mass is 10.1. The van der Waals surface area contributed by atoms with Gasteiger partial charge in [0.2, 0.25) is 0 Å². The summed E-state index contributed by atoms with van der Waals surface area (Å²) in [4.78, 5) is 0.0759. The van der Waals surface area contributed by atoms with Crippen molar-refractivity contribution in [1.29, 1.82) is 0 Å². The van der Waals surface area contributed by atoms with E-state index in [1.165, 1.54) is 0 Å². The van der Waals surface area contributed by atoms with Crippen molar-refractivity contribution in [3.63, 3.8) is 0 Å². The monoisotopic (exact) mass is 459 g/mol. The molecule has 30 heavy (non-hydrogen) atoms. The summed E-state index contributed by atoms with van der Waals surface area (Å²) in [7, 11) is -3.91. The Hall–Kier alpha value is -2.61. The summed E-state index contributed by atoms with van der Waals surface area (Å²) in [5.74, 6) is 0. The predicted molar refractivity (Wildman–Crippen MR) is 129 cm³/mol. The van der Waals surface area contributed by atoms with E-state index in [2.05, 4.69) is 21.4 Å². The Morgan fingerprint density at radius 3 is 2.17 bits per heavy atom. The third kappa shape index (κ3) is 5.50. The number of sulfonamides is 1. The van der Waals surface area contributed by atoms with Crippen molar-refractivity contribution in [2.75, 3.05) is 15.4 Å². The Kier molecular flexibility index (Phi) is 6.65. The standard InChI is InChI=1S/C22H22ClN3O2S2/c1-14-8-9-20(25-22(29)24-17-11-15(2)10-16(3)12-17)21(13-14)30(27,28)26-19-7-5-4-6-18(19)23/h4-13,26H,1-3H3,(H2,24,25,29). The molecule has 0 bridgehead atoms. The van der Waals surface area contributed by atoms with Crippen molar-refractivity contribution < 1.29 is 8.42 Å². The van der Waals surface area contributed by atoms with E-state index in [1.54, 1.807) is 36.4 Å². The van der Waals surface area contributed by atoms with Crippen molar-refractivity contribution in [3.05, 3.63) is 82.4 Å². The zero-order valence-corrected chi connectivity index (χ0v) is 19.2. The first kappa shape index (κ1) is 22.1. The van der Waals surface area contributed by atoms with Crippen LogP contribution < -0.4 is 15.4 Å². The van der Waals surface area contributed by atoms with Crippen LogP contribution in [0.5, 0.6) is 0 Å². The van der Waals surface area contributed by atoms with Crippen LogP contribution in [0, 0.1) is 20.8 Å². The Labute approximate surface area is 187 Å². The fourth-order valence-electron chi connectivity index (χ4n) is 3.03. The highest BCUT2D eigenvalue weighted by Gasteiger charge is 2.21. The van der Waals surface area contributed by atoms with Crippen molar-refractivity contribution in [1.82, 2.24) is 0 Å². The number of nitrogens with one attached hydrogen (secondary N) is 3. The number of anilines is 3. The van der Waals surface area contributed by atoms with Crippen LogP contribution in [-0.4, -0.2) is 13.5 Å². The molecule has 0 fully saturated rings. The molecule has 0 amide bonds. The third-order valence-electron chi connectivity index (χ3n) is 4.27. The molecule has 0 saturated carbocycles. The number of halogens is 1. The van der Waals surface area contributed by atoms with Crippen molar-refractivity contribution in [3.8, 4) is 0 Å². The van der Waals surface area contributed by atoms with Gasteiger partial charge in [-0.05, 0) is 86.1 Å². The number of para-hydroxylation sites is 1. The van der Waals surface area contributed by atoms with E-state index >= 15 is 0 Å². The molecule has 0 aliphatic heterocycles. The fourth-order valence-corrected chi connectivity index (χ4v) is 4.82. The SMILES string of the molecule is Cc1cc(C)cc(NC(=S)Nc2ccc(C)cc2S(=O)(=O)Nc2ccccc2Cl)c1. The molecule has 156 valence electrons. The molecule has 3 aromatic carbocycles. The largest absolute Gasteiger partial charge is 0.332 e. The number of aryl methyl sites for hydroxylation is 3. The summed E-state index contributed by atoms with van der Waals surface area (Å²) >= 11 is 11.5. The molecule has 3 rings (SSSR count). The summed E-state index contributed by atoms with van der Waals surface area (Å²) in [6.07, 6.45) is 0. The Morgan fingerprint density at radius 2 is 1.50 bits per heavy atom. The van der Waals surface area contributed by atoms with Crippen LogP contribution in [0.4, 0.5) is 17.1 Å². The minimum Gasteiger partial charge on any atom is -0.332 e. The van der Waals surface area contributed by atoms with E-state index in [9.17, 15) is 8.42 Å². The smallest absolute Gasteiger partial charge is 0.264 e. The summed E-state index contributed by atoms with van der Waals surface area (Å²) in [6.45, 7) is 5.82. The van der Waals surface area contributed by atoms with E-state index in [0.717, 1.165) is 22.4 Å². The van der Waals surface area contributed by atoms with Gasteiger partial charge in [0.1, 0.15) is 4.90 Å². The zero-order valence-electron chi connectivity index (χ0n) is 16.8. The Morgan fingerprint density at radius 1 is 0.833 bits per heavy atom. The van der Waals surface area contributed by atoms with Crippen LogP contribution in [0.2, 0.25) is 5.02 Å². The summed E-state index contributed by atoms with van der Waals surface area (Å²) in [6, 6.07) is 17.8. The van der Waals surface area contributed by atoms with Gasteiger partial charge in [-0.1, -0.05) is 35.9 Å². The van der Waals surface area contributed by atoms with Gasteiger partial charge in [-0.3, -0.25) is 4.72 Å². The van der Waals surface area contributed by atoms with Gasteiger partial charge < -0.3 is 10.6 Å². The molecule has 0 unspecified atom stereocenters. The average molecular weight is 460 g/mol. The van der Waals surface area contributed by atoms with E-state index < -0.39 is 10.0 Å². The maximum absolute atomic E-state index is 13.1. The van der Waals surface area contributed by atoms with Gasteiger partial charge >= 0.3 is 0 Å². The Bertz CT molecular complexity index is 1190. The predicted octanol–water partition coefficient (Wildman–Crippen LogP) is 5.87. The molecular weight excluding hydrogens is 438 g/mol. The molecular formula is C22H22ClN3O2S2. The van der Waals surface area contributed by atoms with E-state index in [0.29, 0.717) is 16.4 Å². The second kappa shape index (κ2) is 9.04. The van der Waals surface area contributed by atoms with Crippen molar-refractivity contribution >= 4 is 56.0 Å². The summed E-state index contributed by atoms with van der Waals surface area (Å²) in [5, 5.41) is 6.71. The minimum absolute atomic E-state index is 0.0759. The van der Waals surface area contributed by atoms with E-state index in [1.807, 2.05) is 39.0 Å². The first-order valence-electron chi connectivity index (χ1n) is 9.18. The topological polar surface area (TPSA) is 70.2 Å². The second-order valence-electron chi connectivity index (χ2n) is 7.04. The van der Waals surface area contributed by atoms with Gasteiger partial charge in [0, 0.05) is 5.69 Å². The van der Waals surface area contributed by atoms with Crippen LogP contribution in [-0.2, 0) is 10.0 Å². The highest BCUT2D eigenvalue weighted by Crippen LogP contribution is 2.28. The molecule has 3 N–H and O–H groups in total. The number of benzene rings is 3. The molecule has 0 heterocycles. The maximum Gasteiger partial charge on any atom is 0.264 e. The van der Waals surface area contributed by atoms with Crippen molar-refractivity contribution in [2.45, 2.75) is 25.7 Å². The van der Waals surface area contributed by atoms with Crippen LogP contribution in [0.3, 0.4) is 0 Å². The lowest BCUT2D eigenvalue weighted by Crippen LogP contribution is -2.22. The molecule has 0 saturated heterocycles. The van der Waals surface area contributed by atoms with Crippen LogP contribution in [0.25, 0.3) is 0 Å². The van der Waals surface area contributed by atoms with Gasteiger partial charge in [0.05, 0.1) is 16.4 Å². The van der Waals surface area contributed by atoms with E-state index in [-0.39, 0.29) is 10.0 Å². The number of hydrogen-bond acceptors (Lipinski definition) is 3. The Balaban J connectivity index is 1.87. The van der Waals surface area contributed by atoms with Crippen LogP contribution in [0.15, 0.2) is 65.6 Å². The number of hydrogen-bond donors (Lipinski definition) is 3. The van der Waals surface area contributed by atoms with Crippen LogP contribution in [0.1, 0.15) is 16.7 Å². The molecule has 3 aromatic rings. The molecule has 5 nitrogen and oxygen atoms in total. The highest BCUT2D eigenvalue weighted by molar-refractivity contribution is 7.93. The maximum atomic E-state index is 13.1. The highest BCUT2D eigenvalue weighted by atomic mass is 35.5. The molecule has 0 spiro atoms. The molecule has 0 radical (unpaired) electrons. The lowest BCUT2D eigenvalue weighted by molar-refractivity contribution is 0.601. The normalized spacial score (nSPS) is 11.1. The molecule has 8 heteroatoms. The summed E-state index contributed by atoms with van der Waals surface area (Å²) in [5.41, 5.74) is 4.50. The second-order valence-corrected chi connectivity index (χ2v) is 9.51. The molecule has 0 aromatic heterocycles. The lowest BCUT2D eigenvalue weighted by Gasteiger charge is -2.17. The first-order chi connectivity index (χ1) is 14.1. The molecule has 0 atom stereocenters.